The molecule has 18 rings (SSSR count). The molecule has 16 aliphatic carbocycles. The second kappa shape index (κ2) is 6.72. The van der Waals surface area contributed by atoms with Crippen LogP contribution in [0.1, 0.15) is 38.5 Å². The van der Waals surface area contributed by atoms with Crippen LogP contribution in [0.15, 0.2) is 10.2 Å². The molecule has 0 aromatic rings. The molecule has 28 atom stereocenters. The highest BCUT2D eigenvalue weighted by atomic mass is 16.7. The fourth-order valence-electron chi connectivity index (χ4n) is 21.1. The standard InChI is InChI=1S/C38H44N2O4/c1-3-7-41-9(5-1)43-37-31-19-11-12-20(31)22-14-13(21(19)32(22)37)27(11)35(28(12)14)39-40-36-29-15-16-24-26-18(30(16)36)17(29)25-23(15)33(24)38(34(25)26)44-10-6-2-4-8-42-10/h9-34,37-38H,1-8H2/t9?,10?,11-,12+,13+,14-,15-,16+,17+,18-,19-,20-,21-,22+,23+,24-,25+,26+,27?,28?,29?,30?,31?,32?,33?,34?,37?,38?. The molecule has 16 saturated carbocycles. The van der Waals surface area contributed by atoms with E-state index in [-0.39, 0.29) is 12.6 Å². The lowest BCUT2D eigenvalue weighted by atomic mass is 9.80. The van der Waals surface area contributed by atoms with E-state index in [9.17, 15) is 0 Å². The summed E-state index contributed by atoms with van der Waals surface area (Å²) in [6.07, 6.45) is 8.54. The molecule has 0 amide bonds. The maximum atomic E-state index is 6.90. The second-order valence-corrected chi connectivity index (χ2v) is 19.5. The molecule has 2 aliphatic heterocycles. The highest BCUT2D eigenvalue weighted by Crippen LogP contribution is 2.94. The first-order valence-corrected chi connectivity index (χ1v) is 19.6. The Morgan fingerprint density at radius 1 is 0.386 bits per heavy atom. The third-order valence-electron chi connectivity index (χ3n) is 20.0. The quantitative estimate of drug-likeness (QED) is 0.439. The minimum Gasteiger partial charge on any atom is -0.353 e. The fraction of sp³-hybridized carbons (Fsp3) is 0.947. The molecular weight excluding hydrogens is 548 g/mol. The SMILES string of the molecule is C1CCC(OC2C3[C@@H]4[C@@H]5C6C(=NN=C7C8[C@@H]9[C@@H]%10C7[C@@H]7[C@H]8[C@H]8C%11C(OC%12CCCCO%12)C([C@@H]98)[C@@H]%10[C@@H]%117)C7[C@@H]8[C@H]6[C@H]4C2[C@@H]8[C@H]3[C@@H]75)OC1. The Labute approximate surface area is 258 Å². The summed E-state index contributed by atoms with van der Waals surface area (Å²) in [6, 6.07) is 0. The summed E-state index contributed by atoms with van der Waals surface area (Å²) in [6.45, 7) is 1.82. The van der Waals surface area contributed by atoms with E-state index in [1.165, 1.54) is 25.7 Å². The maximum Gasteiger partial charge on any atom is 0.157 e. The van der Waals surface area contributed by atoms with Gasteiger partial charge in [0, 0.05) is 48.3 Å². The van der Waals surface area contributed by atoms with Crippen molar-refractivity contribution in [3.8, 4) is 0 Å². The van der Waals surface area contributed by atoms with E-state index in [0.29, 0.717) is 12.2 Å². The van der Waals surface area contributed by atoms with Gasteiger partial charge in [-0.05, 0) is 157 Å². The van der Waals surface area contributed by atoms with Crippen molar-refractivity contribution in [2.24, 2.45) is 152 Å². The summed E-state index contributed by atoms with van der Waals surface area (Å²) < 4.78 is 26.0. The van der Waals surface area contributed by atoms with Crippen molar-refractivity contribution < 1.29 is 18.9 Å². The third-order valence-corrected chi connectivity index (χ3v) is 20.0. The van der Waals surface area contributed by atoms with Gasteiger partial charge in [0.15, 0.2) is 12.6 Å². The average Bonchev–Trinajstić information content (AvgIpc) is 3.84. The van der Waals surface area contributed by atoms with E-state index in [0.717, 1.165) is 168 Å². The topological polar surface area (TPSA) is 61.6 Å². The Balaban J connectivity index is 0.719. The molecule has 8 bridgehead atoms. The largest absolute Gasteiger partial charge is 0.353 e. The van der Waals surface area contributed by atoms with Crippen molar-refractivity contribution in [2.45, 2.75) is 63.3 Å². The van der Waals surface area contributed by atoms with Crippen LogP contribution in [0, 0.1) is 142 Å². The zero-order chi connectivity index (χ0) is 27.2. The molecule has 0 aromatic heterocycles. The zero-order valence-electron chi connectivity index (χ0n) is 25.4. The summed E-state index contributed by atoms with van der Waals surface area (Å²) in [5.74, 6) is 21.9. The van der Waals surface area contributed by atoms with Crippen molar-refractivity contribution in [3.05, 3.63) is 0 Å². The van der Waals surface area contributed by atoms with Crippen LogP contribution in [0.4, 0.5) is 0 Å². The first-order valence-electron chi connectivity index (χ1n) is 19.6. The molecule has 0 aromatic carbocycles. The van der Waals surface area contributed by atoms with Gasteiger partial charge in [-0.3, -0.25) is 0 Å². The molecule has 6 nitrogen and oxygen atoms in total. The predicted octanol–water partition coefficient (Wildman–Crippen LogP) is 4.59. The van der Waals surface area contributed by atoms with Crippen LogP contribution in [0.3, 0.4) is 0 Å². The van der Waals surface area contributed by atoms with E-state index < -0.39 is 0 Å². The normalized spacial score (nSPS) is 78.7. The highest BCUT2D eigenvalue weighted by Gasteiger charge is 2.94. The smallest absolute Gasteiger partial charge is 0.157 e. The van der Waals surface area contributed by atoms with E-state index in [4.69, 9.17) is 29.2 Å². The second-order valence-electron chi connectivity index (χ2n) is 19.5. The Kier molecular flexibility index (Phi) is 3.47. The van der Waals surface area contributed by atoms with Gasteiger partial charge in [0.25, 0.3) is 0 Å². The third kappa shape index (κ3) is 1.88. The average molecular weight is 593 g/mol. The van der Waals surface area contributed by atoms with Gasteiger partial charge in [-0.1, -0.05) is 0 Å². The summed E-state index contributed by atoms with van der Waals surface area (Å²) in [5.41, 5.74) is 3.30. The molecule has 44 heavy (non-hydrogen) atoms. The van der Waals surface area contributed by atoms with Crippen LogP contribution in [-0.4, -0.2) is 49.4 Å². The fourth-order valence-corrected chi connectivity index (χ4v) is 21.1. The van der Waals surface area contributed by atoms with E-state index >= 15 is 0 Å². The lowest BCUT2D eigenvalue weighted by Crippen LogP contribution is -2.32. The number of rotatable bonds is 5. The van der Waals surface area contributed by atoms with E-state index in [1.807, 2.05) is 0 Å². The van der Waals surface area contributed by atoms with Gasteiger partial charge in [-0.25, -0.2) is 0 Å². The lowest BCUT2D eigenvalue weighted by molar-refractivity contribution is -0.199. The van der Waals surface area contributed by atoms with Gasteiger partial charge in [0.1, 0.15) is 0 Å². The molecule has 6 heteroatoms. The molecule has 230 valence electrons. The molecular formula is C38H44N2O4. The van der Waals surface area contributed by atoms with Crippen LogP contribution in [-0.2, 0) is 18.9 Å². The molecule has 0 N–H and O–H groups in total. The highest BCUT2D eigenvalue weighted by molar-refractivity contribution is 6.00. The first kappa shape index (κ1) is 22.7. The summed E-state index contributed by atoms with van der Waals surface area (Å²) in [5, 5.41) is 11.0. The zero-order valence-corrected chi connectivity index (χ0v) is 25.4. The van der Waals surface area contributed by atoms with Crippen molar-refractivity contribution in [2.75, 3.05) is 13.2 Å². The van der Waals surface area contributed by atoms with Crippen LogP contribution in [0.25, 0.3) is 0 Å². The molecule has 0 spiro atoms. The van der Waals surface area contributed by atoms with Crippen LogP contribution in [0.5, 0.6) is 0 Å². The number of ether oxygens (including phenoxy) is 4. The molecule has 18 fully saturated rings. The molecule has 2 saturated heterocycles. The summed E-state index contributed by atoms with van der Waals surface area (Å²) in [7, 11) is 0. The van der Waals surface area contributed by atoms with Crippen LogP contribution < -0.4 is 0 Å². The monoisotopic (exact) mass is 592 g/mol. The van der Waals surface area contributed by atoms with Gasteiger partial charge in [-0.15, -0.1) is 0 Å². The van der Waals surface area contributed by atoms with Gasteiger partial charge >= 0.3 is 0 Å². The molecule has 18 aliphatic rings. The number of hydrogen-bond donors (Lipinski definition) is 0. The van der Waals surface area contributed by atoms with Gasteiger partial charge in [0.05, 0.1) is 12.2 Å². The Hall–Kier alpha value is -0.820. The van der Waals surface area contributed by atoms with Crippen molar-refractivity contribution in [3.63, 3.8) is 0 Å². The van der Waals surface area contributed by atoms with Gasteiger partial charge in [0.2, 0.25) is 0 Å². The Bertz CT molecular complexity index is 1270. The van der Waals surface area contributed by atoms with Gasteiger partial charge < -0.3 is 18.9 Å². The maximum absolute atomic E-state index is 6.90. The minimum absolute atomic E-state index is 0.101. The van der Waals surface area contributed by atoms with Crippen LogP contribution in [0.2, 0.25) is 0 Å². The molecule has 2 heterocycles. The predicted molar refractivity (Wildman–Crippen MR) is 156 cm³/mol. The van der Waals surface area contributed by atoms with Crippen molar-refractivity contribution in [1.82, 2.24) is 0 Å². The Morgan fingerprint density at radius 2 is 0.705 bits per heavy atom. The van der Waals surface area contributed by atoms with Gasteiger partial charge in [-0.2, -0.15) is 10.2 Å². The van der Waals surface area contributed by atoms with E-state index in [2.05, 4.69) is 0 Å². The first-order chi connectivity index (χ1) is 21.9. The number of hydrogen-bond acceptors (Lipinski definition) is 6. The molecule has 12 unspecified atom stereocenters. The molecule has 0 radical (unpaired) electrons. The lowest BCUT2D eigenvalue weighted by Gasteiger charge is -2.29. The summed E-state index contributed by atoms with van der Waals surface area (Å²) in [4.78, 5) is 0. The summed E-state index contributed by atoms with van der Waals surface area (Å²) >= 11 is 0. The Morgan fingerprint density at radius 3 is 0.977 bits per heavy atom. The van der Waals surface area contributed by atoms with E-state index in [1.54, 1.807) is 11.4 Å². The van der Waals surface area contributed by atoms with Crippen molar-refractivity contribution >= 4 is 11.4 Å². The van der Waals surface area contributed by atoms with Crippen molar-refractivity contribution in [1.29, 1.82) is 0 Å². The minimum atomic E-state index is 0.101. The number of nitrogens with zero attached hydrogens (tertiary/aromatic N) is 2. The van der Waals surface area contributed by atoms with Crippen LogP contribution >= 0.6 is 0 Å².